The number of carbonyl (C=O) groups is 1. The number of nitrogens with zero attached hydrogens (tertiary/aromatic N) is 1. The van der Waals surface area contributed by atoms with Crippen molar-refractivity contribution in [3.8, 4) is 0 Å². The van der Waals surface area contributed by atoms with Crippen molar-refractivity contribution in [2.75, 3.05) is 19.6 Å². The molecule has 2 atom stereocenters. The first-order chi connectivity index (χ1) is 9.02. The second-order valence-corrected chi connectivity index (χ2v) is 5.89. The van der Waals surface area contributed by atoms with E-state index in [-0.39, 0.29) is 11.8 Å². The Morgan fingerprint density at radius 2 is 2.26 bits per heavy atom. The zero-order valence-corrected chi connectivity index (χ0v) is 12.4. The molecule has 0 aliphatic carbocycles. The van der Waals surface area contributed by atoms with Gasteiger partial charge in [0, 0.05) is 17.1 Å². The second kappa shape index (κ2) is 6.23. The van der Waals surface area contributed by atoms with E-state index in [4.69, 9.17) is 28.9 Å². The number of halogens is 2. The molecule has 1 fully saturated rings. The highest BCUT2D eigenvalue weighted by Gasteiger charge is 2.30. The second-order valence-electron chi connectivity index (χ2n) is 5.05. The van der Waals surface area contributed by atoms with E-state index < -0.39 is 0 Å². The number of hydrogen-bond donors (Lipinski definition) is 1. The van der Waals surface area contributed by atoms with Crippen molar-refractivity contribution in [1.82, 2.24) is 4.90 Å². The molecule has 104 valence electrons. The first-order valence-electron chi connectivity index (χ1n) is 6.46. The Hall–Kier alpha value is -0.610. The Kier molecular flexibility index (Phi) is 4.85. The van der Waals surface area contributed by atoms with E-state index in [2.05, 4.69) is 4.90 Å². The van der Waals surface area contributed by atoms with Crippen LogP contribution in [0.25, 0.3) is 0 Å². The summed E-state index contributed by atoms with van der Waals surface area (Å²) in [5.41, 5.74) is 6.21. The van der Waals surface area contributed by atoms with Gasteiger partial charge in [0.15, 0.2) is 5.78 Å². The number of carbonyl (C=O) groups excluding carboxylic acids is 1. The largest absolute Gasteiger partial charge is 0.330 e. The van der Waals surface area contributed by atoms with Crippen molar-refractivity contribution in [3.63, 3.8) is 0 Å². The Labute approximate surface area is 123 Å². The summed E-state index contributed by atoms with van der Waals surface area (Å²) in [5, 5.41) is 0.956. The molecule has 0 aromatic heterocycles. The SMILES string of the molecule is CC(C(=O)c1ccc(Cl)cc1Cl)N1CCC(CN)C1. The van der Waals surface area contributed by atoms with Gasteiger partial charge < -0.3 is 5.73 Å². The van der Waals surface area contributed by atoms with E-state index in [1.165, 1.54) is 0 Å². The van der Waals surface area contributed by atoms with E-state index in [0.717, 1.165) is 19.5 Å². The van der Waals surface area contributed by atoms with E-state index in [0.29, 0.717) is 28.1 Å². The van der Waals surface area contributed by atoms with Gasteiger partial charge in [0.2, 0.25) is 0 Å². The summed E-state index contributed by atoms with van der Waals surface area (Å²) >= 11 is 11.9. The number of nitrogens with two attached hydrogens (primary N) is 1. The van der Waals surface area contributed by atoms with Gasteiger partial charge in [-0.15, -0.1) is 0 Å². The minimum Gasteiger partial charge on any atom is -0.330 e. The Balaban J connectivity index is 2.11. The Morgan fingerprint density at radius 1 is 1.53 bits per heavy atom. The van der Waals surface area contributed by atoms with Crippen LogP contribution in [-0.4, -0.2) is 36.4 Å². The fourth-order valence-electron chi connectivity index (χ4n) is 2.49. The quantitative estimate of drug-likeness (QED) is 0.870. The van der Waals surface area contributed by atoms with Crippen LogP contribution in [0.4, 0.5) is 0 Å². The van der Waals surface area contributed by atoms with Gasteiger partial charge >= 0.3 is 0 Å². The van der Waals surface area contributed by atoms with E-state index in [9.17, 15) is 4.79 Å². The maximum absolute atomic E-state index is 12.5. The van der Waals surface area contributed by atoms with Crippen molar-refractivity contribution >= 4 is 29.0 Å². The van der Waals surface area contributed by atoms with Crippen LogP contribution in [0.2, 0.25) is 10.0 Å². The molecule has 0 amide bonds. The summed E-state index contributed by atoms with van der Waals surface area (Å²) in [6, 6.07) is 4.82. The van der Waals surface area contributed by atoms with E-state index in [1.54, 1.807) is 18.2 Å². The predicted molar refractivity (Wildman–Crippen MR) is 79.0 cm³/mol. The molecule has 0 spiro atoms. The van der Waals surface area contributed by atoms with Gasteiger partial charge in [-0.2, -0.15) is 0 Å². The lowest BCUT2D eigenvalue weighted by atomic mass is 10.0. The minimum absolute atomic E-state index is 0.0411. The molecule has 2 rings (SSSR count). The zero-order chi connectivity index (χ0) is 14.0. The smallest absolute Gasteiger partial charge is 0.181 e. The number of Topliss-reactive ketones (excluding diaryl/α,β-unsaturated/α-hetero) is 1. The molecule has 1 heterocycles. The van der Waals surface area contributed by atoms with Crippen LogP contribution in [0.15, 0.2) is 18.2 Å². The van der Waals surface area contributed by atoms with Gasteiger partial charge in [0.25, 0.3) is 0 Å². The maximum Gasteiger partial charge on any atom is 0.181 e. The normalized spacial score (nSPS) is 21.6. The molecular formula is C14H18Cl2N2O. The van der Waals surface area contributed by atoms with Gasteiger partial charge in [0.1, 0.15) is 0 Å². The highest BCUT2D eigenvalue weighted by Crippen LogP contribution is 2.25. The number of benzene rings is 1. The fraction of sp³-hybridized carbons (Fsp3) is 0.500. The average Bonchev–Trinajstić information content (AvgIpc) is 2.86. The summed E-state index contributed by atoms with van der Waals surface area (Å²) in [6.45, 7) is 4.40. The van der Waals surface area contributed by atoms with Crippen molar-refractivity contribution in [3.05, 3.63) is 33.8 Å². The molecule has 1 saturated heterocycles. The third kappa shape index (κ3) is 3.29. The molecule has 0 saturated carbocycles. The maximum atomic E-state index is 12.5. The summed E-state index contributed by atoms with van der Waals surface area (Å²) < 4.78 is 0. The topological polar surface area (TPSA) is 46.3 Å². The number of likely N-dealkylation sites (tertiary alicyclic amines) is 1. The Morgan fingerprint density at radius 3 is 2.84 bits per heavy atom. The van der Waals surface area contributed by atoms with Crippen LogP contribution in [0, 0.1) is 5.92 Å². The van der Waals surface area contributed by atoms with Gasteiger partial charge in [0.05, 0.1) is 11.1 Å². The molecule has 0 radical (unpaired) electrons. The molecule has 3 nitrogen and oxygen atoms in total. The van der Waals surface area contributed by atoms with Crippen molar-refractivity contribution in [2.45, 2.75) is 19.4 Å². The monoisotopic (exact) mass is 300 g/mol. The van der Waals surface area contributed by atoms with Crippen molar-refractivity contribution in [1.29, 1.82) is 0 Å². The van der Waals surface area contributed by atoms with Gasteiger partial charge in [-0.1, -0.05) is 23.2 Å². The first kappa shape index (κ1) is 14.8. The molecular weight excluding hydrogens is 283 g/mol. The molecule has 1 aliphatic heterocycles. The lowest BCUT2D eigenvalue weighted by Crippen LogP contribution is -2.38. The molecule has 2 unspecified atom stereocenters. The lowest BCUT2D eigenvalue weighted by Gasteiger charge is -2.23. The van der Waals surface area contributed by atoms with Crippen LogP contribution in [0.3, 0.4) is 0 Å². The zero-order valence-electron chi connectivity index (χ0n) is 10.9. The van der Waals surface area contributed by atoms with E-state index >= 15 is 0 Å². The van der Waals surface area contributed by atoms with Gasteiger partial charge in [-0.05, 0) is 50.6 Å². The minimum atomic E-state index is -0.171. The van der Waals surface area contributed by atoms with E-state index in [1.807, 2.05) is 6.92 Å². The van der Waals surface area contributed by atoms with Crippen LogP contribution < -0.4 is 5.73 Å². The summed E-state index contributed by atoms with van der Waals surface area (Å²) in [6.07, 6.45) is 1.06. The van der Waals surface area contributed by atoms with Crippen molar-refractivity contribution in [2.24, 2.45) is 11.7 Å². The standard InChI is InChI=1S/C14H18Cl2N2O/c1-9(18-5-4-10(7-17)8-18)14(19)12-3-2-11(15)6-13(12)16/h2-3,6,9-10H,4-5,7-8,17H2,1H3. The van der Waals surface area contributed by atoms with Crippen LogP contribution in [-0.2, 0) is 0 Å². The molecule has 1 aromatic carbocycles. The molecule has 0 bridgehead atoms. The third-order valence-corrected chi connectivity index (χ3v) is 4.32. The molecule has 1 aromatic rings. The fourth-order valence-corrected chi connectivity index (χ4v) is 2.99. The first-order valence-corrected chi connectivity index (χ1v) is 7.22. The number of hydrogen-bond acceptors (Lipinski definition) is 3. The number of ketones is 1. The highest BCUT2D eigenvalue weighted by molar-refractivity contribution is 6.37. The third-order valence-electron chi connectivity index (χ3n) is 3.77. The number of rotatable bonds is 4. The summed E-state index contributed by atoms with van der Waals surface area (Å²) in [7, 11) is 0. The van der Waals surface area contributed by atoms with Crippen molar-refractivity contribution < 1.29 is 4.79 Å². The highest BCUT2D eigenvalue weighted by atomic mass is 35.5. The van der Waals surface area contributed by atoms with Crippen LogP contribution >= 0.6 is 23.2 Å². The molecule has 19 heavy (non-hydrogen) atoms. The van der Waals surface area contributed by atoms with Gasteiger partial charge in [-0.3, -0.25) is 9.69 Å². The lowest BCUT2D eigenvalue weighted by molar-refractivity contribution is 0.0863. The molecule has 1 aliphatic rings. The summed E-state index contributed by atoms with van der Waals surface area (Å²) in [4.78, 5) is 14.6. The van der Waals surface area contributed by atoms with Gasteiger partial charge in [-0.25, -0.2) is 0 Å². The average molecular weight is 301 g/mol. The Bertz CT molecular complexity index is 479. The predicted octanol–water partition coefficient (Wildman–Crippen LogP) is 2.85. The molecule has 2 N–H and O–H groups in total. The van der Waals surface area contributed by atoms with Crippen LogP contribution in [0.5, 0.6) is 0 Å². The van der Waals surface area contributed by atoms with Crippen LogP contribution in [0.1, 0.15) is 23.7 Å². The summed E-state index contributed by atoms with van der Waals surface area (Å²) in [5.74, 6) is 0.537. The molecule has 5 heteroatoms.